The summed E-state index contributed by atoms with van der Waals surface area (Å²) >= 11 is 7.61. The lowest BCUT2D eigenvalue weighted by atomic mass is 10.3. The summed E-state index contributed by atoms with van der Waals surface area (Å²) in [6.45, 7) is 3.96. The Bertz CT molecular complexity index is 559. The second kappa shape index (κ2) is 7.38. The van der Waals surface area contributed by atoms with Crippen molar-refractivity contribution in [2.45, 2.75) is 13.5 Å². The minimum atomic E-state index is -0.0849. The molecule has 1 N–H and O–H groups in total. The van der Waals surface area contributed by atoms with Gasteiger partial charge in [-0.25, -0.2) is 4.98 Å². The largest absolute Gasteiger partial charge is 0.322 e. The molecule has 2 aromatic heterocycles. The van der Waals surface area contributed by atoms with Crippen molar-refractivity contribution in [3.63, 3.8) is 0 Å². The van der Waals surface area contributed by atoms with Gasteiger partial charge in [0.1, 0.15) is 0 Å². The number of thiophene rings is 1. The summed E-state index contributed by atoms with van der Waals surface area (Å²) < 4.78 is 0. The van der Waals surface area contributed by atoms with Gasteiger partial charge in [-0.15, -0.1) is 11.3 Å². The molecular formula is C14H16ClN3OS. The summed E-state index contributed by atoms with van der Waals surface area (Å²) in [4.78, 5) is 19.3. The quantitative estimate of drug-likeness (QED) is 0.833. The zero-order valence-electron chi connectivity index (χ0n) is 11.2. The molecule has 2 aromatic rings. The molecule has 20 heavy (non-hydrogen) atoms. The van der Waals surface area contributed by atoms with Gasteiger partial charge < -0.3 is 5.32 Å². The molecule has 0 radical (unpaired) electrons. The fraction of sp³-hybridized carbons (Fsp3) is 0.286. The summed E-state index contributed by atoms with van der Waals surface area (Å²) in [7, 11) is 0. The Kier molecular flexibility index (Phi) is 5.52. The third-order valence-corrected chi connectivity index (χ3v) is 3.97. The summed E-state index contributed by atoms with van der Waals surface area (Å²) in [6.07, 6.45) is 1.59. The molecule has 0 aliphatic carbocycles. The molecule has 4 nitrogen and oxygen atoms in total. The highest BCUT2D eigenvalue weighted by Gasteiger charge is 2.11. The first-order chi connectivity index (χ1) is 9.69. The number of likely N-dealkylation sites (N-methyl/N-ethyl adjacent to an activating group) is 1. The highest BCUT2D eigenvalue weighted by atomic mass is 35.5. The van der Waals surface area contributed by atoms with Crippen LogP contribution in [0, 0.1) is 0 Å². The van der Waals surface area contributed by atoms with E-state index in [1.54, 1.807) is 29.7 Å². The van der Waals surface area contributed by atoms with Crippen LogP contribution in [-0.4, -0.2) is 28.9 Å². The summed E-state index contributed by atoms with van der Waals surface area (Å²) in [5.74, 6) is -0.0849. The van der Waals surface area contributed by atoms with Crippen LogP contribution in [0.15, 0.2) is 35.8 Å². The van der Waals surface area contributed by atoms with E-state index in [0.717, 1.165) is 13.1 Å². The predicted molar refractivity (Wildman–Crippen MR) is 83.1 cm³/mol. The van der Waals surface area contributed by atoms with Gasteiger partial charge in [-0.1, -0.05) is 24.6 Å². The number of anilines is 1. The molecule has 106 valence electrons. The van der Waals surface area contributed by atoms with Gasteiger partial charge in [-0.3, -0.25) is 9.69 Å². The van der Waals surface area contributed by atoms with E-state index in [4.69, 9.17) is 11.6 Å². The first-order valence-electron chi connectivity index (χ1n) is 6.34. The number of hydrogen-bond donors (Lipinski definition) is 1. The van der Waals surface area contributed by atoms with E-state index in [1.165, 1.54) is 4.88 Å². The molecule has 0 fully saturated rings. The zero-order chi connectivity index (χ0) is 14.4. The Balaban J connectivity index is 1.91. The van der Waals surface area contributed by atoms with Crippen molar-refractivity contribution in [3.05, 3.63) is 45.9 Å². The maximum Gasteiger partial charge on any atom is 0.238 e. The predicted octanol–water partition coefficient (Wildman–Crippen LogP) is 3.26. The minimum absolute atomic E-state index is 0.0849. The lowest BCUT2D eigenvalue weighted by molar-refractivity contribution is -0.117. The number of carbonyl (C=O) groups is 1. The monoisotopic (exact) mass is 309 g/mol. The molecular weight excluding hydrogens is 294 g/mol. The van der Waals surface area contributed by atoms with E-state index >= 15 is 0 Å². The van der Waals surface area contributed by atoms with E-state index in [1.807, 2.05) is 18.4 Å². The molecule has 0 aliphatic rings. The highest BCUT2D eigenvalue weighted by Crippen LogP contribution is 2.17. The van der Waals surface area contributed by atoms with Crippen LogP contribution in [-0.2, 0) is 11.3 Å². The SMILES string of the molecule is CCN(CC(=O)Nc1cccnc1Cl)Cc1cccs1. The standard InChI is InChI=1S/C14H16ClN3OS/c1-2-18(9-11-5-4-8-20-11)10-13(19)17-12-6-3-7-16-14(12)15/h3-8H,2,9-10H2,1H3,(H,17,19). The number of carbonyl (C=O) groups excluding carboxylic acids is 1. The number of nitrogens with zero attached hydrogens (tertiary/aromatic N) is 2. The Morgan fingerprint density at radius 2 is 2.30 bits per heavy atom. The Morgan fingerprint density at radius 3 is 2.95 bits per heavy atom. The van der Waals surface area contributed by atoms with Crippen LogP contribution in [0.5, 0.6) is 0 Å². The van der Waals surface area contributed by atoms with Crippen molar-refractivity contribution in [2.75, 3.05) is 18.4 Å². The van der Waals surface area contributed by atoms with E-state index in [-0.39, 0.29) is 5.91 Å². The number of aromatic nitrogens is 1. The Morgan fingerprint density at radius 1 is 1.45 bits per heavy atom. The number of amides is 1. The van der Waals surface area contributed by atoms with Crippen molar-refractivity contribution >= 4 is 34.5 Å². The third-order valence-electron chi connectivity index (χ3n) is 2.81. The van der Waals surface area contributed by atoms with Crippen LogP contribution in [0.1, 0.15) is 11.8 Å². The first-order valence-corrected chi connectivity index (χ1v) is 7.60. The van der Waals surface area contributed by atoms with Crippen LogP contribution < -0.4 is 5.32 Å². The molecule has 0 saturated carbocycles. The molecule has 0 spiro atoms. The van der Waals surface area contributed by atoms with Crippen LogP contribution in [0.25, 0.3) is 0 Å². The molecule has 2 heterocycles. The van der Waals surface area contributed by atoms with E-state index in [0.29, 0.717) is 17.4 Å². The van der Waals surface area contributed by atoms with Crippen molar-refractivity contribution in [1.82, 2.24) is 9.88 Å². The number of pyridine rings is 1. The van der Waals surface area contributed by atoms with Gasteiger partial charge >= 0.3 is 0 Å². The second-order valence-corrected chi connectivity index (χ2v) is 5.66. The molecule has 0 aromatic carbocycles. The topological polar surface area (TPSA) is 45.2 Å². The van der Waals surface area contributed by atoms with Gasteiger partial charge in [0.25, 0.3) is 0 Å². The second-order valence-electron chi connectivity index (χ2n) is 4.27. The summed E-state index contributed by atoms with van der Waals surface area (Å²) in [6, 6.07) is 7.57. The number of nitrogens with one attached hydrogen (secondary N) is 1. The van der Waals surface area contributed by atoms with Crippen molar-refractivity contribution in [1.29, 1.82) is 0 Å². The minimum Gasteiger partial charge on any atom is -0.322 e. The van der Waals surface area contributed by atoms with Crippen molar-refractivity contribution < 1.29 is 4.79 Å². The van der Waals surface area contributed by atoms with Crippen molar-refractivity contribution in [3.8, 4) is 0 Å². The number of halogens is 1. The van der Waals surface area contributed by atoms with E-state index in [2.05, 4.69) is 21.3 Å². The fourth-order valence-electron chi connectivity index (χ4n) is 1.77. The first kappa shape index (κ1) is 15.0. The van der Waals surface area contributed by atoms with E-state index in [9.17, 15) is 4.79 Å². The average Bonchev–Trinajstić information content (AvgIpc) is 2.93. The van der Waals surface area contributed by atoms with E-state index < -0.39 is 0 Å². The smallest absolute Gasteiger partial charge is 0.238 e. The maximum atomic E-state index is 12.0. The molecule has 0 bridgehead atoms. The average molecular weight is 310 g/mol. The molecule has 1 amide bonds. The van der Waals surface area contributed by atoms with Crippen LogP contribution in [0.3, 0.4) is 0 Å². The van der Waals surface area contributed by atoms with Crippen LogP contribution >= 0.6 is 22.9 Å². The van der Waals surface area contributed by atoms with Crippen LogP contribution in [0.4, 0.5) is 5.69 Å². The normalized spacial score (nSPS) is 10.8. The van der Waals surface area contributed by atoms with Gasteiger partial charge in [0.15, 0.2) is 5.15 Å². The van der Waals surface area contributed by atoms with Gasteiger partial charge in [0, 0.05) is 17.6 Å². The zero-order valence-corrected chi connectivity index (χ0v) is 12.7. The molecule has 0 atom stereocenters. The number of rotatable bonds is 6. The number of hydrogen-bond acceptors (Lipinski definition) is 4. The van der Waals surface area contributed by atoms with Gasteiger partial charge in [0.2, 0.25) is 5.91 Å². The molecule has 6 heteroatoms. The summed E-state index contributed by atoms with van der Waals surface area (Å²) in [5.41, 5.74) is 0.548. The van der Waals surface area contributed by atoms with Crippen LogP contribution in [0.2, 0.25) is 5.15 Å². The van der Waals surface area contributed by atoms with Gasteiger partial charge in [-0.05, 0) is 30.1 Å². The van der Waals surface area contributed by atoms with Gasteiger partial charge in [0.05, 0.1) is 12.2 Å². The molecule has 0 saturated heterocycles. The highest BCUT2D eigenvalue weighted by molar-refractivity contribution is 7.09. The lowest BCUT2D eigenvalue weighted by Gasteiger charge is -2.19. The maximum absolute atomic E-state index is 12.0. The fourth-order valence-corrected chi connectivity index (χ4v) is 2.69. The molecule has 2 rings (SSSR count). The lowest BCUT2D eigenvalue weighted by Crippen LogP contribution is -2.32. The Labute approximate surface area is 127 Å². The Hall–Kier alpha value is -1.43. The van der Waals surface area contributed by atoms with Crippen molar-refractivity contribution in [2.24, 2.45) is 0 Å². The summed E-state index contributed by atoms with van der Waals surface area (Å²) in [5, 5.41) is 5.13. The third kappa shape index (κ3) is 4.30. The molecule has 0 unspecified atom stereocenters. The van der Waals surface area contributed by atoms with Gasteiger partial charge in [-0.2, -0.15) is 0 Å². The molecule has 0 aliphatic heterocycles.